The van der Waals surface area contributed by atoms with E-state index in [-0.39, 0.29) is 5.41 Å². The summed E-state index contributed by atoms with van der Waals surface area (Å²) in [6.07, 6.45) is 11.8. The molecular weight excluding hydrogens is 412 g/mol. The van der Waals surface area contributed by atoms with Crippen molar-refractivity contribution in [1.82, 2.24) is 0 Å². The zero-order valence-corrected chi connectivity index (χ0v) is 21.8. The van der Waals surface area contributed by atoms with Gasteiger partial charge in [-0.1, -0.05) is 49.2 Å². The summed E-state index contributed by atoms with van der Waals surface area (Å²) < 4.78 is 2.50. The fourth-order valence-electron chi connectivity index (χ4n) is 6.26. The number of fused-ring (bicyclic) bond motifs is 2. The number of anilines is 1. The maximum absolute atomic E-state index is 2.50. The molecule has 0 amide bonds. The highest BCUT2D eigenvalue weighted by Gasteiger charge is 2.31. The summed E-state index contributed by atoms with van der Waals surface area (Å²) >= 11 is 0. The molecule has 176 valence electrons. The Bertz CT molecular complexity index is 1270. The smallest absolute Gasteiger partial charge is 0.209 e. The lowest BCUT2D eigenvalue weighted by Gasteiger charge is -2.31. The Morgan fingerprint density at radius 1 is 0.912 bits per heavy atom. The molecule has 0 radical (unpaired) electrons. The number of nitrogens with zero attached hydrogens (tertiary/aromatic N) is 2. The van der Waals surface area contributed by atoms with Crippen LogP contribution in [0.15, 0.2) is 71.5 Å². The minimum Gasteiger partial charge on any atom is -0.345 e. The topological polar surface area (TPSA) is 6.25 Å². The highest BCUT2D eigenvalue weighted by molar-refractivity contribution is 5.97. The molecule has 2 aromatic carbocycles. The van der Waals surface area contributed by atoms with Crippen molar-refractivity contribution in [3.8, 4) is 0 Å². The molecule has 2 nitrogen and oxygen atoms in total. The summed E-state index contributed by atoms with van der Waals surface area (Å²) in [5.41, 5.74) is 14.5. The average molecular weight is 452 g/mol. The second-order valence-electron chi connectivity index (χ2n) is 11.2. The van der Waals surface area contributed by atoms with Crippen molar-refractivity contribution < 1.29 is 4.58 Å². The van der Waals surface area contributed by atoms with Crippen LogP contribution in [-0.2, 0) is 12.8 Å². The fraction of sp³-hybridized carbons (Fsp3) is 0.406. The number of likely N-dealkylation sites (N-methyl/N-ethyl adjacent to an activating group) is 1. The first-order chi connectivity index (χ1) is 16.3. The monoisotopic (exact) mass is 451 g/mol. The number of rotatable bonds is 4. The van der Waals surface area contributed by atoms with E-state index in [0.717, 1.165) is 38.8 Å². The van der Waals surface area contributed by atoms with Crippen molar-refractivity contribution in [2.24, 2.45) is 5.41 Å². The molecule has 0 N–H and O–H groups in total. The minimum atomic E-state index is 0.270. The molecule has 2 heterocycles. The number of hydrogen-bond donors (Lipinski definition) is 0. The fourth-order valence-corrected chi connectivity index (χ4v) is 6.26. The summed E-state index contributed by atoms with van der Waals surface area (Å²) in [6, 6.07) is 13.8. The van der Waals surface area contributed by atoms with Gasteiger partial charge in [-0.3, -0.25) is 0 Å². The van der Waals surface area contributed by atoms with Gasteiger partial charge in [-0.2, -0.15) is 4.58 Å². The summed E-state index contributed by atoms with van der Waals surface area (Å²) in [5.74, 6) is 0. The molecule has 0 atom stereocenters. The van der Waals surface area contributed by atoms with Gasteiger partial charge in [0.2, 0.25) is 5.69 Å². The summed E-state index contributed by atoms with van der Waals surface area (Å²) in [4.78, 5) is 2.50. The summed E-state index contributed by atoms with van der Waals surface area (Å²) in [5, 5.41) is 0. The lowest BCUT2D eigenvalue weighted by Crippen LogP contribution is -2.21. The molecule has 0 bridgehead atoms. The molecule has 0 fully saturated rings. The van der Waals surface area contributed by atoms with E-state index in [1.165, 1.54) is 56.2 Å². The van der Waals surface area contributed by atoms with Crippen LogP contribution < -0.4 is 4.90 Å². The van der Waals surface area contributed by atoms with E-state index in [1.807, 2.05) is 0 Å². The SMILES string of the molecule is CCN1/C(=C/C2=CC(=C/C3=[N+](CC)c4ccc(C)cc4C3)/CC(C)(C)C2)Cc2cc(C)ccc21. The third kappa shape index (κ3) is 4.31. The van der Waals surface area contributed by atoms with Crippen LogP contribution in [0.4, 0.5) is 11.4 Å². The maximum atomic E-state index is 2.50. The molecule has 2 aliphatic heterocycles. The normalized spacial score (nSPS) is 21.4. The largest absolute Gasteiger partial charge is 0.345 e. The Labute approximate surface area is 206 Å². The van der Waals surface area contributed by atoms with E-state index in [1.54, 1.807) is 0 Å². The first kappa shape index (κ1) is 22.9. The molecule has 0 spiro atoms. The van der Waals surface area contributed by atoms with Crippen molar-refractivity contribution in [2.45, 2.75) is 67.2 Å². The van der Waals surface area contributed by atoms with Crippen LogP contribution in [0.3, 0.4) is 0 Å². The van der Waals surface area contributed by atoms with E-state index in [2.05, 4.69) is 106 Å². The Morgan fingerprint density at radius 3 is 2.38 bits per heavy atom. The molecule has 3 aliphatic rings. The van der Waals surface area contributed by atoms with Gasteiger partial charge in [-0.05, 0) is 80.9 Å². The number of benzene rings is 2. The molecule has 0 saturated heterocycles. The van der Waals surface area contributed by atoms with E-state index in [9.17, 15) is 0 Å². The van der Waals surface area contributed by atoms with Crippen LogP contribution in [0.5, 0.6) is 0 Å². The van der Waals surface area contributed by atoms with Crippen LogP contribution in [0, 0.1) is 19.3 Å². The highest BCUT2D eigenvalue weighted by Crippen LogP contribution is 2.41. The molecule has 0 aromatic heterocycles. The number of aryl methyl sites for hydroxylation is 2. The molecule has 2 aromatic rings. The van der Waals surface area contributed by atoms with Gasteiger partial charge in [-0.25, -0.2) is 0 Å². The first-order valence-corrected chi connectivity index (χ1v) is 13.0. The Balaban J connectivity index is 1.50. The Morgan fingerprint density at radius 2 is 1.65 bits per heavy atom. The van der Waals surface area contributed by atoms with Gasteiger partial charge in [0.15, 0.2) is 5.71 Å². The quantitative estimate of drug-likeness (QED) is 0.434. The predicted octanol–water partition coefficient (Wildman–Crippen LogP) is 7.60. The predicted molar refractivity (Wildman–Crippen MR) is 146 cm³/mol. The minimum absolute atomic E-state index is 0.270. The van der Waals surface area contributed by atoms with Crippen LogP contribution in [0.25, 0.3) is 0 Å². The average Bonchev–Trinajstić information content (AvgIpc) is 3.27. The summed E-state index contributed by atoms with van der Waals surface area (Å²) in [7, 11) is 0. The van der Waals surface area contributed by atoms with E-state index in [0.29, 0.717) is 0 Å². The molecule has 2 heteroatoms. The van der Waals surface area contributed by atoms with Gasteiger partial charge < -0.3 is 4.90 Å². The second-order valence-corrected chi connectivity index (χ2v) is 11.2. The zero-order chi connectivity index (χ0) is 24.0. The van der Waals surface area contributed by atoms with E-state index >= 15 is 0 Å². The number of allylic oxidation sites excluding steroid dienone is 6. The van der Waals surface area contributed by atoms with Gasteiger partial charge in [-0.15, -0.1) is 0 Å². The number of hydrogen-bond acceptors (Lipinski definition) is 1. The van der Waals surface area contributed by atoms with Crippen molar-refractivity contribution in [3.05, 3.63) is 93.7 Å². The third-order valence-corrected chi connectivity index (χ3v) is 7.56. The van der Waals surface area contributed by atoms with Gasteiger partial charge in [0.1, 0.15) is 6.54 Å². The molecule has 0 unspecified atom stereocenters. The summed E-state index contributed by atoms with van der Waals surface area (Å²) in [6.45, 7) is 15.8. The highest BCUT2D eigenvalue weighted by atomic mass is 15.2. The van der Waals surface area contributed by atoms with Crippen molar-refractivity contribution >= 4 is 17.1 Å². The molecular formula is C32H39N2+. The standard InChI is InChI=1S/C32H39N2/c1-7-33-28(18-26-13-22(3)9-11-30(26)33)16-24-15-25(21-32(5,6)20-24)17-29-19-27-14-23(4)10-12-31(27)34(29)8-2/h9-17H,7-8,18-21H2,1-6H3/q+1. The second kappa shape index (κ2) is 8.73. The van der Waals surface area contributed by atoms with Crippen molar-refractivity contribution in [2.75, 3.05) is 18.0 Å². The first-order valence-electron chi connectivity index (χ1n) is 13.0. The Hall–Kier alpha value is -2.87. The van der Waals surface area contributed by atoms with Gasteiger partial charge in [0.25, 0.3) is 0 Å². The maximum Gasteiger partial charge on any atom is 0.209 e. The van der Waals surface area contributed by atoms with E-state index in [4.69, 9.17) is 0 Å². The van der Waals surface area contributed by atoms with Gasteiger partial charge in [0, 0.05) is 42.1 Å². The van der Waals surface area contributed by atoms with E-state index < -0.39 is 0 Å². The third-order valence-electron chi connectivity index (χ3n) is 7.56. The van der Waals surface area contributed by atoms with Crippen molar-refractivity contribution in [3.63, 3.8) is 0 Å². The Kier molecular flexibility index (Phi) is 5.88. The molecule has 1 aliphatic carbocycles. The van der Waals surface area contributed by atoms with Crippen LogP contribution >= 0.6 is 0 Å². The zero-order valence-electron chi connectivity index (χ0n) is 21.8. The van der Waals surface area contributed by atoms with Gasteiger partial charge >= 0.3 is 0 Å². The van der Waals surface area contributed by atoms with Crippen LogP contribution in [0.2, 0.25) is 0 Å². The van der Waals surface area contributed by atoms with Crippen LogP contribution in [0.1, 0.15) is 62.8 Å². The molecule has 5 rings (SSSR count). The lowest BCUT2D eigenvalue weighted by molar-refractivity contribution is -0.432. The lowest BCUT2D eigenvalue weighted by atomic mass is 9.74. The van der Waals surface area contributed by atoms with Crippen molar-refractivity contribution in [1.29, 1.82) is 0 Å². The molecule has 0 saturated carbocycles. The van der Waals surface area contributed by atoms with Gasteiger partial charge in [0.05, 0.1) is 6.42 Å². The molecule has 34 heavy (non-hydrogen) atoms. The van der Waals surface area contributed by atoms with Crippen LogP contribution in [-0.4, -0.2) is 23.4 Å².